The Morgan fingerprint density at radius 2 is 1.69 bits per heavy atom. The molecule has 4 aromatic rings. The van der Waals surface area contributed by atoms with Gasteiger partial charge in [0.15, 0.2) is 0 Å². The van der Waals surface area contributed by atoms with Crippen LogP contribution in [0, 0.1) is 17.6 Å². The molecule has 2 amide bonds. The van der Waals surface area contributed by atoms with Crippen molar-refractivity contribution in [3.63, 3.8) is 0 Å². The highest BCUT2D eigenvalue weighted by Crippen LogP contribution is 2.45. The van der Waals surface area contributed by atoms with Crippen LogP contribution in [0.25, 0.3) is 10.8 Å². The lowest BCUT2D eigenvalue weighted by atomic mass is 9.92. The van der Waals surface area contributed by atoms with E-state index in [0.717, 1.165) is 31.3 Å². The second-order valence-corrected chi connectivity index (χ2v) is 9.88. The minimum absolute atomic E-state index is 0.0735. The van der Waals surface area contributed by atoms with Crippen LogP contribution in [0.5, 0.6) is 0 Å². The van der Waals surface area contributed by atoms with Crippen molar-refractivity contribution >= 4 is 39.9 Å². The highest BCUT2D eigenvalue weighted by molar-refractivity contribution is 6.31. The van der Waals surface area contributed by atoms with Crippen molar-refractivity contribution in [2.45, 2.75) is 24.8 Å². The summed E-state index contributed by atoms with van der Waals surface area (Å²) >= 11 is 6.22. The first kappa shape index (κ1) is 29.3. The Labute approximate surface area is 234 Å². The minimum atomic E-state index is -5.03. The summed E-state index contributed by atoms with van der Waals surface area (Å²) in [5, 5.41) is 3.60. The van der Waals surface area contributed by atoms with Crippen molar-refractivity contribution in [2.24, 2.45) is 7.05 Å². The number of carbonyl (C=O) groups is 2. The van der Waals surface area contributed by atoms with Crippen molar-refractivity contribution in [2.75, 3.05) is 5.32 Å². The number of benzene rings is 3. The topological polar surface area (TPSA) is 63.1 Å². The predicted molar refractivity (Wildman–Crippen MR) is 133 cm³/mol. The van der Waals surface area contributed by atoms with Gasteiger partial charge in [0, 0.05) is 45.5 Å². The number of hydrogen-bond acceptors (Lipinski definition) is 2. The van der Waals surface area contributed by atoms with E-state index in [2.05, 4.69) is 10.6 Å². The number of halogens is 10. The fourth-order valence-electron chi connectivity index (χ4n) is 4.97. The van der Waals surface area contributed by atoms with Crippen LogP contribution in [0.3, 0.4) is 0 Å². The highest BCUT2D eigenvalue weighted by atomic mass is 35.5. The average Bonchev–Trinajstić information content (AvgIpc) is 3.33. The van der Waals surface area contributed by atoms with Crippen LogP contribution < -0.4 is 10.6 Å². The van der Waals surface area contributed by atoms with E-state index in [-0.39, 0.29) is 22.2 Å². The lowest BCUT2D eigenvalue weighted by Crippen LogP contribution is -2.21. The number of aromatic nitrogens is 1. The second kappa shape index (κ2) is 9.96. The van der Waals surface area contributed by atoms with E-state index < -0.39 is 93.1 Å². The van der Waals surface area contributed by atoms with E-state index in [1.165, 1.54) is 0 Å². The Kier molecular flexibility index (Phi) is 6.95. The van der Waals surface area contributed by atoms with Gasteiger partial charge in [-0.15, -0.1) is 0 Å². The molecule has 0 bridgehead atoms. The fourth-order valence-corrected chi connectivity index (χ4v) is 5.20. The molecule has 1 aliphatic rings. The molecule has 1 atom stereocenters. The Balaban J connectivity index is 1.77. The molecule has 0 radical (unpaired) electrons. The first-order valence-corrected chi connectivity index (χ1v) is 12.2. The summed E-state index contributed by atoms with van der Waals surface area (Å²) in [6.45, 7) is 0. The SMILES string of the molecule is Cn1c(CC(F)(F)F)c2cc(NC(=O)c3cc(F)cc(C(F)(F)F)c3)c3c(c2c1F)C(=O)NC3c1cc(F)ccc1Cl. The van der Waals surface area contributed by atoms with Crippen LogP contribution >= 0.6 is 11.6 Å². The minimum Gasteiger partial charge on any atom is -0.341 e. The van der Waals surface area contributed by atoms with Crippen molar-refractivity contribution in [1.29, 1.82) is 0 Å². The van der Waals surface area contributed by atoms with E-state index in [9.17, 15) is 44.7 Å². The first-order valence-electron chi connectivity index (χ1n) is 11.8. The molecule has 0 aliphatic carbocycles. The molecule has 220 valence electrons. The molecule has 1 aliphatic heterocycles. The van der Waals surface area contributed by atoms with Crippen LogP contribution in [0.4, 0.5) is 45.2 Å². The number of fused-ring (bicyclic) bond motifs is 3. The molecule has 0 saturated carbocycles. The quantitative estimate of drug-likeness (QED) is 0.233. The molecule has 1 aromatic heterocycles. The van der Waals surface area contributed by atoms with Crippen LogP contribution in [0.1, 0.15) is 49.1 Å². The van der Waals surface area contributed by atoms with Gasteiger partial charge in [-0.25, -0.2) is 8.78 Å². The van der Waals surface area contributed by atoms with Gasteiger partial charge in [-0.3, -0.25) is 9.59 Å². The van der Waals surface area contributed by atoms with E-state index in [4.69, 9.17) is 11.6 Å². The summed E-state index contributed by atoms with van der Waals surface area (Å²) in [5.41, 5.74) is -4.20. The van der Waals surface area contributed by atoms with Crippen molar-refractivity contribution in [3.8, 4) is 0 Å². The third-order valence-corrected chi connectivity index (χ3v) is 7.09. The normalized spacial score (nSPS) is 15.2. The number of carbonyl (C=O) groups excluding carboxylic acids is 2. The Morgan fingerprint density at radius 1 is 1.00 bits per heavy atom. The zero-order valence-electron chi connectivity index (χ0n) is 20.9. The molecule has 0 saturated heterocycles. The monoisotopic (exact) mass is 619 g/mol. The maximum atomic E-state index is 15.4. The van der Waals surface area contributed by atoms with Crippen molar-refractivity contribution < 1.29 is 49.1 Å². The number of amides is 2. The standard InChI is InChI=1S/C27H15ClF9N3O2/c1-40-18(9-26(32,33)34)15-8-17(38-24(41)10-4-11(27(35,36)37)6-13(30)5-10)20-21(19(15)23(40)31)25(42)39-22(20)14-7-12(29)2-3-16(14)28/h2-8,22H,9H2,1H3,(H,38,41)(H,39,42). The number of alkyl halides is 6. The Hall–Kier alpha value is -4.20. The Morgan fingerprint density at radius 3 is 2.33 bits per heavy atom. The van der Waals surface area contributed by atoms with Gasteiger partial charge < -0.3 is 15.2 Å². The summed E-state index contributed by atoms with van der Waals surface area (Å²) in [5.74, 6) is -5.78. The number of hydrogen-bond donors (Lipinski definition) is 2. The first-order chi connectivity index (χ1) is 19.5. The smallest absolute Gasteiger partial charge is 0.341 e. The summed E-state index contributed by atoms with van der Waals surface area (Å²) in [6, 6.07) is 3.60. The molecule has 15 heteroatoms. The highest BCUT2D eigenvalue weighted by Gasteiger charge is 2.40. The maximum absolute atomic E-state index is 15.4. The van der Waals surface area contributed by atoms with Crippen LogP contribution in [0.15, 0.2) is 42.5 Å². The predicted octanol–water partition coefficient (Wildman–Crippen LogP) is 7.46. The zero-order valence-corrected chi connectivity index (χ0v) is 21.6. The van der Waals surface area contributed by atoms with E-state index >= 15 is 4.39 Å². The van der Waals surface area contributed by atoms with Gasteiger partial charge in [-0.05, 0) is 42.5 Å². The number of nitrogens with one attached hydrogen (secondary N) is 2. The third-order valence-electron chi connectivity index (χ3n) is 6.75. The summed E-state index contributed by atoms with van der Waals surface area (Å²) < 4.78 is 124. The number of nitrogens with zero attached hydrogens (tertiary/aromatic N) is 1. The van der Waals surface area contributed by atoms with Gasteiger partial charge in [0.1, 0.15) is 11.6 Å². The maximum Gasteiger partial charge on any atom is 0.416 e. The van der Waals surface area contributed by atoms with Gasteiger partial charge in [0.25, 0.3) is 11.8 Å². The lowest BCUT2D eigenvalue weighted by Gasteiger charge is -2.19. The van der Waals surface area contributed by atoms with Gasteiger partial charge in [0.2, 0.25) is 5.95 Å². The van der Waals surface area contributed by atoms with Gasteiger partial charge in [-0.2, -0.15) is 30.7 Å². The van der Waals surface area contributed by atoms with E-state index in [1.54, 1.807) is 0 Å². The summed E-state index contributed by atoms with van der Waals surface area (Å²) in [6.07, 6.45) is -11.5. The average molecular weight is 620 g/mol. The molecule has 3 aromatic carbocycles. The molecular formula is C27H15ClF9N3O2. The van der Waals surface area contributed by atoms with Gasteiger partial charge >= 0.3 is 12.4 Å². The van der Waals surface area contributed by atoms with Crippen molar-refractivity contribution in [3.05, 3.63) is 98.6 Å². The number of anilines is 1. The van der Waals surface area contributed by atoms with Gasteiger partial charge in [0.05, 0.1) is 29.0 Å². The molecule has 2 N–H and O–H groups in total. The summed E-state index contributed by atoms with van der Waals surface area (Å²) in [7, 11) is 0.986. The van der Waals surface area contributed by atoms with E-state index in [1.807, 2.05) is 0 Å². The molecule has 5 nitrogen and oxygen atoms in total. The van der Waals surface area contributed by atoms with Crippen LogP contribution in [-0.4, -0.2) is 22.6 Å². The zero-order chi connectivity index (χ0) is 30.9. The Bertz CT molecular complexity index is 1790. The molecule has 2 heterocycles. The van der Waals surface area contributed by atoms with E-state index in [0.29, 0.717) is 16.7 Å². The molecule has 1 unspecified atom stereocenters. The largest absolute Gasteiger partial charge is 0.416 e. The number of rotatable bonds is 4. The molecule has 0 fully saturated rings. The van der Waals surface area contributed by atoms with Gasteiger partial charge in [-0.1, -0.05) is 11.6 Å². The molecule has 0 spiro atoms. The molecule has 42 heavy (non-hydrogen) atoms. The fraction of sp³-hybridized carbons (Fsp3) is 0.185. The molecule has 5 rings (SSSR count). The lowest BCUT2D eigenvalue weighted by molar-refractivity contribution is -0.137. The summed E-state index contributed by atoms with van der Waals surface area (Å²) in [4.78, 5) is 26.3. The molecular weight excluding hydrogens is 605 g/mol. The van der Waals surface area contributed by atoms with Crippen LogP contribution in [-0.2, 0) is 19.6 Å². The second-order valence-electron chi connectivity index (χ2n) is 9.48. The van der Waals surface area contributed by atoms with Crippen molar-refractivity contribution in [1.82, 2.24) is 9.88 Å². The third kappa shape index (κ3) is 5.14. The van der Waals surface area contributed by atoms with Crippen LogP contribution in [0.2, 0.25) is 5.02 Å².